The van der Waals surface area contributed by atoms with Crippen LogP contribution in [0.5, 0.6) is 0 Å². The van der Waals surface area contributed by atoms with Gasteiger partial charge in [-0.05, 0) is 55.4 Å². The van der Waals surface area contributed by atoms with E-state index in [1.807, 2.05) is 20.8 Å². The monoisotopic (exact) mass is 551 g/mol. The maximum absolute atomic E-state index is 13.8. The maximum Gasteiger partial charge on any atom is 0.274 e. The number of fused-ring (bicyclic) bond motifs is 1. The van der Waals surface area contributed by atoms with E-state index in [9.17, 15) is 18.8 Å². The molecule has 0 radical (unpaired) electrons. The fourth-order valence-corrected chi connectivity index (χ4v) is 4.94. The number of nitrogens with zero attached hydrogens (tertiary/aromatic N) is 5. The van der Waals surface area contributed by atoms with E-state index in [0.717, 1.165) is 18.4 Å². The number of amides is 3. The molecule has 0 aliphatic carbocycles. The van der Waals surface area contributed by atoms with Gasteiger partial charge in [0.2, 0.25) is 17.6 Å². The molecule has 0 spiro atoms. The van der Waals surface area contributed by atoms with Crippen LogP contribution in [-0.4, -0.2) is 79.6 Å². The molecule has 11 heteroatoms. The Balaban J connectivity index is 1.57. The predicted octanol–water partition coefficient (Wildman–Crippen LogP) is 2.42. The summed E-state index contributed by atoms with van der Waals surface area (Å²) in [6.45, 7) is 8.47. The van der Waals surface area contributed by atoms with Crippen LogP contribution in [0, 0.1) is 11.2 Å². The number of benzene rings is 1. The van der Waals surface area contributed by atoms with Gasteiger partial charge in [0.15, 0.2) is 0 Å². The molecule has 10 nitrogen and oxygen atoms in total. The van der Waals surface area contributed by atoms with Gasteiger partial charge in [-0.25, -0.2) is 14.4 Å². The van der Waals surface area contributed by atoms with Crippen molar-refractivity contribution in [2.45, 2.75) is 65.1 Å². The van der Waals surface area contributed by atoms with Crippen LogP contribution in [0.1, 0.15) is 56.6 Å². The van der Waals surface area contributed by atoms with E-state index in [-0.39, 0.29) is 35.3 Å². The van der Waals surface area contributed by atoms with Crippen molar-refractivity contribution in [3.05, 3.63) is 66.0 Å². The van der Waals surface area contributed by atoms with Gasteiger partial charge in [-0.15, -0.1) is 0 Å². The van der Waals surface area contributed by atoms with E-state index in [4.69, 9.17) is 5.73 Å². The van der Waals surface area contributed by atoms with Crippen LogP contribution in [-0.2, 0) is 16.0 Å². The summed E-state index contributed by atoms with van der Waals surface area (Å²) in [5.74, 6) is -0.754. The van der Waals surface area contributed by atoms with Crippen molar-refractivity contribution in [1.29, 1.82) is 0 Å². The average Bonchev–Trinajstić information content (AvgIpc) is 3.56. The van der Waals surface area contributed by atoms with Gasteiger partial charge in [0, 0.05) is 44.3 Å². The third kappa shape index (κ3) is 6.82. The van der Waals surface area contributed by atoms with Gasteiger partial charge in [0.25, 0.3) is 5.91 Å². The molecule has 4 rings (SSSR count). The van der Waals surface area contributed by atoms with Crippen molar-refractivity contribution in [3.8, 4) is 0 Å². The number of hydrogen-bond donors (Lipinski definition) is 2. The Bertz CT molecular complexity index is 1320. The summed E-state index contributed by atoms with van der Waals surface area (Å²) in [5, 5.41) is 2.84. The fourth-order valence-electron chi connectivity index (χ4n) is 4.94. The molecule has 214 valence electrons. The molecule has 0 unspecified atom stereocenters. The third-order valence-electron chi connectivity index (χ3n) is 7.23. The molecule has 0 saturated carbocycles. The van der Waals surface area contributed by atoms with Crippen molar-refractivity contribution in [3.63, 3.8) is 0 Å². The van der Waals surface area contributed by atoms with Gasteiger partial charge in [-0.3, -0.25) is 18.8 Å². The lowest BCUT2D eigenvalue weighted by atomic mass is 9.85. The standard InChI is InChI=1S/C29H38FN7O3/c1-19(31)25(38)34-24(29(2,3)4)27(40)37-15-5-7-22(37)17-35(16-12-20-8-10-21(30)11-9-20)26(39)23-18-36-14-6-13-32-28(36)33-23/h6,8-11,13-14,18-19,22,24H,5,7,12,15-17,31H2,1-4H3,(H,34,38)/t19-,22-,24+/m0/s1. The van der Waals surface area contributed by atoms with Crippen molar-refractivity contribution >= 4 is 23.5 Å². The number of carbonyl (C=O) groups is 3. The summed E-state index contributed by atoms with van der Waals surface area (Å²) in [5.41, 5.74) is 6.37. The van der Waals surface area contributed by atoms with Gasteiger partial charge in [0.1, 0.15) is 17.6 Å². The molecule has 3 heterocycles. The van der Waals surface area contributed by atoms with Crippen LogP contribution in [0.15, 0.2) is 48.9 Å². The first-order valence-electron chi connectivity index (χ1n) is 13.6. The molecule has 3 N–H and O–H groups in total. The van der Waals surface area contributed by atoms with Crippen LogP contribution in [0.3, 0.4) is 0 Å². The Kier molecular flexibility index (Phi) is 8.82. The highest BCUT2D eigenvalue weighted by Crippen LogP contribution is 2.27. The van der Waals surface area contributed by atoms with Gasteiger partial charge in [0.05, 0.1) is 6.04 Å². The highest BCUT2D eigenvalue weighted by atomic mass is 19.1. The molecular formula is C29H38FN7O3. The molecule has 3 atom stereocenters. The second-order valence-electron chi connectivity index (χ2n) is 11.5. The highest BCUT2D eigenvalue weighted by Gasteiger charge is 2.40. The van der Waals surface area contributed by atoms with Gasteiger partial charge in [-0.1, -0.05) is 32.9 Å². The predicted molar refractivity (Wildman–Crippen MR) is 149 cm³/mol. The zero-order chi connectivity index (χ0) is 29.0. The molecule has 1 aliphatic heterocycles. The summed E-state index contributed by atoms with van der Waals surface area (Å²) in [4.78, 5) is 52.1. The SMILES string of the molecule is C[C@H](N)C(=O)N[C@H](C(=O)N1CCC[C@H]1CN(CCc1ccc(F)cc1)C(=O)c1cn2cccnc2n1)C(C)(C)C. The molecule has 2 aromatic heterocycles. The Morgan fingerprint density at radius 2 is 1.95 bits per heavy atom. The Morgan fingerprint density at radius 3 is 2.60 bits per heavy atom. The van der Waals surface area contributed by atoms with Crippen molar-refractivity contribution in [1.82, 2.24) is 29.5 Å². The average molecular weight is 552 g/mol. The molecule has 1 saturated heterocycles. The first-order chi connectivity index (χ1) is 18.9. The smallest absolute Gasteiger partial charge is 0.274 e. The minimum Gasteiger partial charge on any atom is -0.342 e. The summed E-state index contributed by atoms with van der Waals surface area (Å²) < 4.78 is 15.1. The number of likely N-dealkylation sites (tertiary alicyclic amines) is 1. The molecule has 0 bridgehead atoms. The van der Waals surface area contributed by atoms with E-state index in [1.54, 1.807) is 57.9 Å². The first-order valence-corrected chi connectivity index (χ1v) is 13.6. The Hall–Kier alpha value is -3.86. The van der Waals surface area contributed by atoms with Crippen molar-refractivity contribution in [2.24, 2.45) is 11.1 Å². The lowest BCUT2D eigenvalue weighted by molar-refractivity contribution is -0.140. The second kappa shape index (κ2) is 12.1. The number of rotatable bonds is 9. The van der Waals surface area contributed by atoms with Gasteiger partial charge < -0.3 is 20.9 Å². The number of nitrogens with two attached hydrogens (primary N) is 1. The van der Waals surface area contributed by atoms with E-state index in [0.29, 0.717) is 31.8 Å². The van der Waals surface area contributed by atoms with Crippen molar-refractivity contribution in [2.75, 3.05) is 19.6 Å². The first kappa shape index (κ1) is 29.1. The molecule has 1 fully saturated rings. The summed E-state index contributed by atoms with van der Waals surface area (Å²) >= 11 is 0. The molecule has 3 aromatic rings. The van der Waals surface area contributed by atoms with Crippen LogP contribution in [0.4, 0.5) is 4.39 Å². The van der Waals surface area contributed by atoms with Crippen LogP contribution in [0.25, 0.3) is 5.78 Å². The van der Waals surface area contributed by atoms with Gasteiger partial charge in [-0.2, -0.15) is 0 Å². The van der Waals surface area contributed by atoms with Crippen molar-refractivity contribution < 1.29 is 18.8 Å². The minimum absolute atomic E-state index is 0.188. The molecule has 3 amide bonds. The number of imidazole rings is 1. The zero-order valence-corrected chi connectivity index (χ0v) is 23.5. The highest BCUT2D eigenvalue weighted by molar-refractivity contribution is 5.93. The van der Waals surface area contributed by atoms with Crippen LogP contribution >= 0.6 is 0 Å². The largest absolute Gasteiger partial charge is 0.342 e. The Labute approximate surface area is 233 Å². The molecule has 1 aliphatic rings. The summed E-state index contributed by atoms with van der Waals surface area (Å²) in [6, 6.07) is 6.21. The van der Waals surface area contributed by atoms with E-state index >= 15 is 0 Å². The maximum atomic E-state index is 13.8. The molecule has 1 aromatic carbocycles. The fraction of sp³-hybridized carbons (Fsp3) is 0.483. The van der Waals surface area contributed by atoms with E-state index in [1.165, 1.54) is 12.1 Å². The topological polar surface area (TPSA) is 126 Å². The lowest BCUT2D eigenvalue weighted by Crippen LogP contribution is -2.59. The Morgan fingerprint density at radius 1 is 1.23 bits per heavy atom. The minimum atomic E-state index is -0.764. The number of halogens is 1. The van der Waals surface area contributed by atoms with E-state index in [2.05, 4.69) is 15.3 Å². The molecule has 40 heavy (non-hydrogen) atoms. The number of carbonyl (C=O) groups excluding carboxylic acids is 3. The quantitative estimate of drug-likeness (QED) is 0.421. The normalized spacial score (nSPS) is 17.1. The number of hydrogen-bond acceptors (Lipinski definition) is 6. The lowest BCUT2D eigenvalue weighted by Gasteiger charge is -2.37. The number of aromatic nitrogens is 3. The second-order valence-corrected chi connectivity index (χ2v) is 11.5. The molecular weight excluding hydrogens is 513 g/mol. The van der Waals surface area contributed by atoms with Crippen LogP contribution < -0.4 is 11.1 Å². The van der Waals surface area contributed by atoms with Crippen LogP contribution in [0.2, 0.25) is 0 Å². The van der Waals surface area contributed by atoms with E-state index < -0.39 is 17.5 Å². The number of nitrogens with one attached hydrogen (secondary N) is 1. The third-order valence-corrected chi connectivity index (χ3v) is 7.23. The van der Waals surface area contributed by atoms with Gasteiger partial charge >= 0.3 is 0 Å². The zero-order valence-electron chi connectivity index (χ0n) is 23.5. The summed E-state index contributed by atoms with van der Waals surface area (Å²) in [7, 11) is 0. The summed E-state index contributed by atoms with van der Waals surface area (Å²) in [6.07, 6.45) is 7.04.